The first-order valence-corrected chi connectivity index (χ1v) is 12.3. The molecule has 2 bridgehead atoms. The van der Waals surface area contributed by atoms with Crippen molar-refractivity contribution in [3.63, 3.8) is 0 Å². The van der Waals surface area contributed by atoms with Crippen LogP contribution in [0.5, 0.6) is 5.75 Å². The largest absolute Gasteiger partial charge is 0.497 e. The monoisotopic (exact) mass is 601 g/mol. The number of anilines is 1. The summed E-state index contributed by atoms with van der Waals surface area (Å²) in [4.78, 5) is 62.5. The Hall–Kier alpha value is -2.54. The molecule has 0 aromatic heterocycles. The highest BCUT2D eigenvalue weighted by molar-refractivity contribution is 9.12. The molecule has 1 saturated heterocycles. The number of methoxy groups -OCH3 is 1. The Morgan fingerprint density at radius 1 is 1.21 bits per heavy atom. The van der Waals surface area contributed by atoms with Crippen molar-refractivity contribution in [2.75, 3.05) is 19.0 Å². The predicted molar refractivity (Wildman–Crippen MR) is 125 cm³/mol. The molecule has 0 spiro atoms. The molecule has 1 aromatic rings. The van der Waals surface area contributed by atoms with Crippen LogP contribution in [0, 0.1) is 33.8 Å². The summed E-state index contributed by atoms with van der Waals surface area (Å²) in [7, 11) is 1.37. The highest BCUT2D eigenvalue weighted by Crippen LogP contribution is 2.60. The molecule has 2 aliphatic carbocycles. The zero-order chi connectivity index (χ0) is 24.9. The number of fused-ring (bicyclic) bond motifs is 5. The smallest absolute Gasteiger partial charge is 0.329 e. The van der Waals surface area contributed by atoms with Crippen molar-refractivity contribution < 1.29 is 33.6 Å². The normalized spacial score (nSPS) is 30.2. The summed E-state index contributed by atoms with van der Waals surface area (Å²) >= 11 is 7.21. The molecule has 3 aliphatic rings. The minimum atomic E-state index is -1.20. The second-order valence-corrected chi connectivity index (χ2v) is 10.6. The predicted octanol–water partition coefficient (Wildman–Crippen LogP) is 2.25. The van der Waals surface area contributed by atoms with Gasteiger partial charge in [-0.05, 0) is 31.2 Å². The number of rotatable bonds is 7. The summed E-state index contributed by atoms with van der Waals surface area (Å²) in [6.45, 7) is 0.627. The fourth-order valence-electron chi connectivity index (χ4n) is 5.20. The third-order valence-corrected chi connectivity index (χ3v) is 9.98. The molecule has 2 saturated carbocycles. The molecule has 3 amide bonds. The van der Waals surface area contributed by atoms with E-state index < -0.39 is 53.1 Å². The average molecular weight is 603 g/mol. The first-order valence-electron chi connectivity index (χ1n) is 10.5. The highest BCUT2D eigenvalue weighted by atomic mass is 79.9. The van der Waals surface area contributed by atoms with Gasteiger partial charge in [0.2, 0.25) is 11.8 Å². The number of likely N-dealkylation sites (tertiary alicyclic amines) is 1. The van der Waals surface area contributed by atoms with E-state index in [1.807, 2.05) is 0 Å². The first kappa shape index (κ1) is 24.6. The van der Waals surface area contributed by atoms with Gasteiger partial charge in [0.05, 0.1) is 23.9 Å². The second-order valence-electron chi connectivity index (χ2n) is 8.52. The zero-order valence-corrected chi connectivity index (χ0v) is 21.3. The standard InChI is InChI=1S/C21H21Br2N3O8/c1-8(25-19(28)15-10-6-11(16(15)20(25)29)18(23)17(10)22)21(30)34-7-14(27)24-12-5-9(33-2)3-4-13(12)26(31)32/h3-5,8,10-11,15-18H,6-7H2,1-2H3,(H,24,27)/t8-,10+,11+,15+,16+,17-,18-/m0/s1. The number of hydrogen-bond acceptors (Lipinski definition) is 8. The number of ether oxygens (including phenoxy) is 2. The van der Waals surface area contributed by atoms with E-state index >= 15 is 0 Å². The van der Waals surface area contributed by atoms with Gasteiger partial charge in [0.15, 0.2) is 6.61 Å². The van der Waals surface area contributed by atoms with Crippen LogP contribution in [-0.2, 0) is 23.9 Å². The molecule has 11 nitrogen and oxygen atoms in total. The Bertz CT molecular complexity index is 1050. The SMILES string of the molecule is COc1ccc([N+](=O)[O-])c(NC(=O)COC(=O)[C@H](C)N2C(=O)[C@@H]3[C@H]4C[C@@H]([C@H](Br)[C@H]4Br)[C@H]3C2=O)c1. The number of amides is 3. The van der Waals surface area contributed by atoms with E-state index in [9.17, 15) is 29.3 Å². The van der Waals surface area contributed by atoms with Gasteiger partial charge in [0.25, 0.3) is 11.6 Å². The molecular formula is C21H21Br2N3O8. The number of nitrogens with one attached hydrogen (secondary N) is 1. The molecule has 7 atom stereocenters. The first-order chi connectivity index (χ1) is 16.1. The van der Waals surface area contributed by atoms with Crippen LogP contribution in [0.25, 0.3) is 0 Å². The molecule has 0 radical (unpaired) electrons. The molecule has 182 valence electrons. The van der Waals surface area contributed by atoms with Gasteiger partial charge >= 0.3 is 5.97 Å². The summed E-state index contributed by atoms with van der Waals surface area (Å²) in [6, 6.07) is 2.61. The maximum atomic E-state index is 13.0. The Morgan fingerprint density at radius 2 is 1.79 bits per heavy atom. The van der Waals surface area contributed by atoms with Crippen molar-refractivity contribution in [1.82, 2.24) is 4.90 Å². The fourth-order valence-corrected chi connectivity index (χ4v) is 7.08. The summed E-state index contributed by atoms with van der Waals surface area (Å²) in [5.74, 6) is -3.18. The minimum Gasteiger partial charge on any atom is -0.497 e. The number of imide groups is 1. The molecule has 1 N–H and O–H groups in total. The number of nitro benzene ring substituents is 1. The summed E-state index contributed by atoms with van der Waals surface area (Å²) in [6.07, 6.45) is 0.766. The second kappa shape index (κ2) is 9.25. The lowest BCUT2D eigenvalue weighted by Gasteiger charge is -2.28. The van der Waals surface area contributed by atoms with Gasteiger partial charge in [-0.2, -0.15) is 0 Å². The van der Waals surface area contributed by atoms with E-state index in [1.54, 1.807) is 0 Å². The average Bonchev–Trinajstić information content (AvgIpc) is 3.41. The lowest BCUT2D eigenvalue weighted by molar-refractivity contribution is -0.383. The van der Waals surface area contributed by atoms with Crippen LogP contribution in [0.4, 0.5) is 11.4 Å². The minimum absolute atomic E-state index is 0.00785. The number of alkyl halides is 2. The maximum Gasteiger partial charge on any atom is 0.329 e. The van der Waals surface area contributed by atoms with E-state index in [0.29, 0.717) is 0 Å². The van der Waals surface area contributed by atoms with Crippen molar-refractivity contribution >= 4 is 66.9 Å². The highest BCUT2D eigenvalue weighted by Gasteiger charge is 2.67. The fraction of sp³-hybridized carbons (Fsp3) is 0.524. The van der Waals surface area contributed by atoms with Gasteiger partial charge in [-0.25, -0.2) is 4.79 Å². The van der Waals surface area contributed by atoms with Crippen LogP contribution in [-0.4, -0.2) is 62.9 Å². The van der Waals surface area contributed by atoms with Crippen molar-refractivity contribution in [2.24, 2.45) is 23.7 Å². The topological polar surface area (TPSA) is 145 Å². The number of nitrogens with zero attached hydrogens (tertiary/aromatic N) is 2. The van der Waals surface area contributed by atoms with Gasteiger partial charge in [0, 0.05) is 21.8 Å². The van der Waals surface area contributed by atoms with E-state index in [-0.39, 0.29) is 38.6 Å². The van der Waals surface area contributed by atoms with Gasteiger partial charge in [-0.1, -0.05) is 31.9 Å². The van der Waals surface area contributed by atoms with Crippen LogP contribution in [0.2, 0.25) is 0 Å². The molecule has 1 heterocycles. The van der Waals surface area contributed by atoms with Crippen LogP contribution in [0.15, 0.2) is 18.2 Å². The Balaban J connectivity index is 1.39. The van der Waals surface area contributed by atoms with Gasteiger partial charge in [-0.15, -0.1) is 0 Å². The van der Waals surface area contributed by atoms with Crippen molar-refractivity contribution in [3.8, 4) is 5.75 Å². The molecule has 3 fully saturated rings. The lowest BCUT2D eigenvalue weighted by atomic mass is 9.81. The Kier molecular flexibility index (Phi) is 6.69. The van der Waals surface area contributed by atoms with E-state index in [0.717, 1.165) is 11.3 Å². The Morgan fingerprint density at radius 3 is 2.32 bits per heavy atom. The van der Waals surface area contributed by atoms with Crippen molar-refractivity contribution in [3.05, 3.63) is 28.3 Å². The number of benzene rings is 1. The van der Waals surface area contributed by atoms with Crippen molar-refractivity contribution in [1.29, 1.82) is 0 Å². The van der Waals surface area contributed by atoms with Crippen molar-refractivity contribution in [2.45, 2.75) is 29.0 Å². The third-order valence-electron chi connectivity index (χ3n) is 6.77. The Labute approximate surface area is 210 Å². The number of carbonyl (C=O) groups excluding carboxylic acids is 4. The number of nitro groups is 1. The quantitative estimate of drug-likeness (QED) is 0.164. The summed E-state index contributed by atoms with van der Waals surface area (Å²) < 4.78 is 10.0. The summed E-state index contributed by atoms with van der Waals surface area (Å²) in [5.41, 5.74) is -0.487. The number of hydrogen-bond donors (Lipinski definition) is 1. The lowest BCUT2D eigenvalue weighted by Crippen LogP contribution is -2.45. The van der Waals surface area contributed by atoms with Gasteiger partial charge in [-0.3, -0.25) is 29.4 Å². The van der Waals surface area contributed by atoms with Crippen LogP contribution < -0.4 is 10.1 Å². The molecule has 34 heavy (non-hydrogen) atoms. The molecule has 4 rings (SSSR count). The number of halogens is 2. The van der Waals surface area contributed by atoms with Gasteiger partial charge in [0.1, 0.15) is 17.5 Å². The third kappa shape index (κ3) is 3.98. The molecule has 1 aliphatic heterocycles. The maximum absolute atomic E-state index is 13.0. The van der Waals surface area contributed by atoms with E-state index in [4.69, 9.17) is 9.47 Å². The van der Waals surface area contributed by atoms with E-state index in [2.05, 4.69) is 37.2 Å². The van der Waals surface area contributed by atoms with Crippen LogP contribution in [0.1, 0.15) is 13.3 Å². The molecule has 0 unspecified atom stereocenters. The van der Waals surface area contributed by atoms with Gasteiger partial charge < -0.3 is 14.8 Å². The van der Waals surface area contributed by atoms with Crippen LogP contribution in [0.3, 0.4) is 0 Å². The van der Waals surface area contributed by atoms with E-state index in [1.165, 1.54) is 32.2 Å². The molecular weight excluding hydrogens is 582 g/mol. The number of esters is 1. The zero-order valence-electron chi connectivity index (χ0n) is 18.1. The molecule has 1 aromatic carbocycles. The molecule has 13 heteroatoms. The van der Waals surface area contributed by atoms with Crippen LogP contribution >= 0.6 is 31.9 Å². The number of carbonyl (C=O) groups is 4. The summed E-state index contributed by atoms with van der Waals surface area (Å²) in [5, 5.41) is 13.5.